The van der Waals surface area contributed by atoms with E-state index in [4.69, 9.17) is 0 Å². The first-order valence-corrected chi connectivity index (χ1v) is 7.96. The minimum atomic E-state index is -1.07. The molecule has 132 valence electrons. The zero-order valence-electron chi connectivity index (χ0n) is 13.5. The van der Waals surface area contributed by atoms with Gasteiger partial charge in [0, 0.05) is 17.2 Å². The van der Waals surface area contributed by atoms with Crippen LogP contribution < -0.4 is 10.6 Å². The summed E-state index contributed by atoms with van der Waals surface area (Å²) in [6.45, 7) is 0.851. The van der Waals surface area contributed by atoms with E-state index in [2.05, 4.69) is 26.6 Å². The van der Waals surface area contributed by atoms with Crippen molar-refractivity contribution in [1.29, 1.82) is 0 Å². The Kier molecular flexibility index (Phi) is 5.52. The lowest BCUT2D eigenvalue weighted by atomic mass is 10.2. The van der Waals surface area contributed by atoms with Crippen molar-refractivity contribution in [2.75, 3.05) is 25.5 Å². The molecule has 1 heterocycles. The summed E-state index contributed by atoms with van der Waals surface area (Å²) in [5, 5.41) is 4.93. The third kappa shape index (κ3) is 4.21. The SMILES string of the molecule is Cc1cc(Br)ccc1NC(=O)CNC(=O)CN1C(=O)C(=O)N(C)C1=O. The second-order valence-corrected chi connectivity index (χ2v) is 6.24. The van der Waals surface area contributed by atoms with Crippen LogP contribution in [-0.2, 0) is 19.2 Å². The highest BCUT2D eigenvalue weighted by Crippen LogP contribution is 2.19. The summed E-state index contributed by atoms with van der Waals surface area (Å²) in [7, 11) is 1.15. The number of carbonyl (C=O) groups excluding carboxylic acids is 5. The van der Waals surface area contributed by atoms with E-state index in [0.29, 0.717) is 15.5 Å². The fourth-order valence-electron chi connectivity index (χ4n) is 2.09. The molecule has 10 heteroatoms. The standard InChI is InChI=1S/C15H15BrN4O5/c1-8-5-9(16)3-4-10(8)18-11(21)6-17-12(22)7-20-14(24)13(23)19(2)15(20)25/h3-5H,6-7H2,1-2H3,(H,17,22)(H,18,21). The third-order valence-electron chi connectivity index (χ3n) is 3.46. The van der Waals surface area contributed by atoms with Gasteiger partial charge in [0.05, 0.1) is 6.54 Å². The van der Waals surface area contributed by atoms with Crippen LogP contribution in [0.25, 0.3) is 0 Å². The highest BCUT2D eigenvalue weighted by molar-refractivity contribution is 9.10. The number of amides is 6. The van der Waals surface area contributed by atoms with Gasteiger partial charge in [-0.3, -0.25) is 24.1 Å². The number of likely N-dealkylation sites (N-methyl/N-ethyl adjacent to an activating group) is 1. The van der Waals surface area contributed by atoms with E-state index in [1.807, 2.05) is 13.0 Å². The molecule has 1 aromatic rings. The number of hydrogen-bond donors (Lipinski definition) is 2. The van der Waals surface area contributed by atoms with Gasteiger partial charge in [-0.2, -0.15) is 0 Å². The Balaban J connectivity index is 1.85. The molecule has 9 nitrogen and oxygen atoms in total. The molecule has 1 aromatic carbocycles. The lowest BCUT2D eigenvalue weighted by Gasteiger charge is -2.13. The quantitative estimate of drug-likeness (QED) is 0.532. The molecule has 2 N–H and O–H groups in total. The van der Waals surface area contributed by atoms with E-state index in [1.165, 1.54) is 0 Å². The summed E-state index contributed by atoms with van der Waals surface area (Å²) in [6.07, 6.45) is 0. The molecule has 1 aliphatic heterocycles. The molecule has 0 bridgehead atoms. The van der Waals surface area contributed by atoms with E-state index >= 15 is 0 Å². The van der Waals surface area contributed by atoms with Crippen molar-refractivity contribution in [2.24, 2.45) is 0 Å². The van der Waals surface area contributed by atoms with Crippen LogP contribution in [0.4, 0.5) is 10.5 Å². The molecule has 0 spiro atoms. The summed E-state index contributed by atoms with van der Waals surface area (Å²) < 4.78 is 0.871. The van der Waals surface area contributed by atoms with Gasteiger partial charge < -0.3 is 10.6 Å². The summed E-state index contributed by atoms with van der Waals surface area (Å²) in [4.78, 5) is 59.4. The third-order valence-corrected chi connectivity index (χ3v) is 3.95. The van der Waals surface area contributed by atoms with Crippen LogP contribution in [0.1, 0.15) is 5.56 Å². The smallest absolute Gasteiger partial charge is 0.334 e. The highest BCUT2D eigenvalue weighted by Gasteiger charge is 2.42. The van der Waals surface area contributed by atoms with Crippen LogP contribution in [0.5, 0.6) is 0 Å². The van der Waals surface area contributed by atoms with E-state index in [9.17, 15) is 24.0 Å². The number of nitrogens with one attached hydrogen (secondary N) is 2. The largest absolute Gasteiger partial charge is 0.345 e. The van der Waals surface area contributed by atoms with Crippen molar-refractivity contribution in [3.63, 3.8) is 0 Å². The van der Waals surface area contributed by atoms with Crippen molar-refractivity contribution in [3.05, 3.63) is 28.2 Å². The minimum Gasteiger partial charge on any atom is -0.345 e. The molecule has 2 rings (SSSR count). The average molecular weight is 411 g/mol. The molecule has 0 aromatic heterocycles. The number of rotatable bonds is 5. The van der Waals surface area contributed by atoms with Crippen LogP contribution in [-0.4, -0.2) is 59.6 Å². The molecule has 0 saturated carbocycles. The van der Waals surface area contributed by atoms with E-state index in [0.717, 1.165) is 17.1 Å². The van der Waals surface area contributed by atoms with Crippen LogP contribution in [0.15, 0.2) is 22.7 Å². The first-order chi connectivity index (χ1) is 11.7. The van der Waals surface area contributed by atoms with Crippen LogP contribution in [0, 0.1) is 6.92 Å². The molecule has 1 fully saturated rings. The van der Waals surface area contributed by atoms with Crippen molar-refractivity contribution < 1.29 is 24.0 Å². The summed E-state index contributed by atoms with van der Waals surface area (Å²) in [5.74, 6) is -3.27. The summed E-state index contributed by atoms with van der Waals surface area (Å²) in [6, 6.07) is 4.42. The Bertz CT molecular complexity index is 779. The molecular formula is C15H15BrN4O5. The summed E-state index contributed by atoms with van der Waals surface area (Å²) >= 11 is 3.32. The molecule has 6 amide bonds. The van der Waals surface area contributed by atoms with Gasteiger partial charge in [-0.15, -0.1) is 0 Å². The Labute approximate surface area is 151 Å². The van der Waals surface area contributed by atoms with Gasteiger partial charge in [-0.1, -0.05) is 15.9 Å². The summed E-state index contributed by atoms with van der Waals surface area (Å²) in [5.41, 5.74) is 1.43. The van der Waals surface area contributed by atoms with Gasteiger partial charge in [-0.05, 0) is 30.7 Å². The predicted octanol–water partition coefficient (Wildman–Crippen LogP) is 0.233. The second-order valence-electron chi connectivity index (χ2n) is 5.32. The second kappa shape index (κ2) is 7.43. The molecule has 0 aliphatic carbocycles. The Morgan fingerprint density at radius 1 is 1.12 bits per heavy atom. The predicted molar refractivity (Wildman–Crippen MR) is 90.4 cm³/mol. The van der Waals surface area contributed by atoms with Gasteiger partial charge >= 0.3 is 17.8 Å². The maximum absolute atomic E-state index is 11.9. The van der Waals surface area contributed by atoms with Gasteiger partial charge in [-0.25, -0.2) is 9.69 Å². The number of urea groups is 1. The number of hydrogen-bond acceptors (Lipinski definition) is 5. The molecule has 0 radical (unpaired) electrons. The van der Waals surface area contributed by atoms with Crippen molar-refractivity contribution in [3.8, 4) is 0 Å². The lowest BCUT2D eigenvalue weighted by molar-refractivity contribution is -0.143. The highest BCUT2D eigenvalue weighted by atomic mass is 79.9. The van der Waals surface area contributed by atoms with Crippen molar-refractivity contribution >= 4 is 51.3 Å². The van der Waals surface area contributed by atoms with Gasteiger partial charge in [0.15, 0.2) is 0 Å². The maximum Gasteiger partial charge on any atom is 0.334 e. The Morgan fingerprint density at radius 2 is 1.80 bits per heavy atom. The number of anilines is 1. The number of carbonyl (C=O) groups is 5. The zero-order valence-corrected chi connectivity index (χ0v) is 15.0. The molecular weight excluding hydrogens is 396 g/mol. The number of aryl methyl sites for hydroxylation is 1. The van der Waals surface area contributed by atoms with E-state index in [-0.39, 0.29) is 6.54 Å². The number of halogens is 1. The minimum absolute atomic E-state index is 0.339. The van der Waals surface area contributed by atoms with E-state index < -0.39 is 36.2 Å². The lowest BCUT2D eigenvalue weighted by Crippen LogP contribution is -2.43. The van der Waals surface area contributed by atoms with Crippen molar-refractivity contribution in [2.45, 2.75) is 6.92 Å². The Hall–Kier alpha value is -2.75. The number of benzene rings is 1. The monoisotopic (exact) mass is 410 g/mol. The van der Waals surface area contributed by atoms with Crippen LogP contribution in [0.3, 0.4) is 0 Å². The molecule has 25 heavy (non-hydrogen) atoms. The zero-order chi connectivity index (χ0) is 18.7. The van der Waals surface area contributed by atoms with Crippen LogP contribution in [0.2, 0.25) is 0 Å². The molecule has 0 unspecified atom stereocenters. The number of nitrogens with zero attached hydrogens (tertiary/aromatic N) is 2. The topological polar surface area (TPSA) is 116 Å². The Morgan fingerprint density at radius 3 is 2.36 bits per heavy atom. The fourth-order valence-corrected chi connectivity index (χ4v) is 2.57. The first kappa shape index (κ1) is 18.6. The van der Waals surface area contributed by atoms with Crippen molar-refractivity contribution in [1.82, 2.24) is 15.1 Å². The van der Waals surface area contributed by atoms with Gasteiger partial charge in [0.2, 0.25) is 11.8 Å². The molecule has 1 saturated heterocycles. The van der Waals surface area contributed by atoms with E-state index in [1.54, 1.807) is 12.1 Å². The molecule has 1 aliphatic rings. The maximum atomic E-state index is 11.9. The fraction of sp³-hybridized carbons (Fsp3) is 0.267. The van der Waals surface area contributed by atoms with Gasteiger partial charge in [0.1, 0.15) is 6.54 Å². The first-order valence-electron chi connectivity index (χ1n) is 7.17. The number of imide groups is 2. The van der Waals surface area contributed by atoms with Crippen LogP contribution >= 0.6 is 15.9 Å². The normalized spacial score (nSPS) is 14.1. The van der Waals surface area contributed by atoms with Gasteiger partial charge in [0.25, 0.3) is 0 Å². The molecule has 0 atom stereocenters. The average Bonchev–Trinajstić information content (AvgIpc) is 2.73.